The van der Waals surface area contributed by atoms with Gasteiger partial charge in [-0.25, -0.2) is 0 Å². The molecule has 3 heteroatoms. The van der Waals surface area contributed by atoms with Crippen molar-refractivity contribution in [3.63, 3.8) is 0 Å². The van der Waals surface area contributed by atoms with Crippen molar-refractivity contribution in [2.24, 2.45) is 6.41 Å². The monoisotopic (exact) mass is 231 g/mol. The fourth-order valence-corrected chi connectivity index (χ4v) is 2.10. The molecular formula is C6H4IN2-. The zero-order valence-corrected chi connectivity index (χ0v) is 6.74. The number of fused-ring (bicyclic) bond motifs is 1. The van der Waals surface area contributed by atoms with E-state index in [-0.39, 0.29) is 21.8 Å². The first-order chi connectivity index (χ1) is 4.47. The second kappa shape index (κ2) is 2.06. The van der Waals surface area contributed by atoms with E-state index in [1.165, 1.54) is 0 Å². The van der Waals surface area contributed by atoms with Crippen LogP contribution in [0.4, 0.5) is 0 Å². The fourth-order valence-electron chi connectivity index (χ4n) is 0.707. The topological polar surface area (TPSA) is 24.7 Å². The molecule has 0 saturated carbocycles. The van der Waals surface area contributed by atoms with E-state index < -0.39 is 0 Å². The Hall–Kier alpha value is -0.450. The maximum atomic E-state index is 4.24. The summed E-state index contributed by atoms with van der Waals surface area (Å²) < 4.78 is 8.49. The molecule has 0 bridgehead atoms. The van der Waals surface area contributed by atoms with E-state index in [4.69, 9.17) is 0 Å². The van der Waals surface area contributed by atoms with Crippen LogP contribution in [-0.2, 0) is 0 Å². The molecule has 46 valence electrons. The predicted molar refractivity (Wildman–Crippen MR) is 28.8 cm³/mol. The molecule has 1 heterocycles. The first kappa shape index (κ1) is 5.34. The molecule has 1 aromatic rings. The van der Waals surface area contributed by atoms with E-state index >= 15 is 0 Å². The third kappa shape index (κ3) is 0.849. The van der Waals surface area contributed by atoms with Gasteiger partial charge in [0.05, 0.1) is 0 Å². The van der Waals surface area contributed by atoms with Crippen LogP contribution in [0.5, 0.6) is 0 Å². The summed E-state index contributed by atoms with van der Waals surface area (Å²) in [6.45, 7) is 0. The summed E-state index contributed by atoms with van der Waals surface area (Å²) in [5, 5.41) is 2.15. The van der Waals surface area contributed by atoms with Crippen molar-refractivity contribution < 1.29 is 21.8 Å². The van der Waals surface area contributed by atoms with Crippen LogP contribution in [0.15, 0.2) is 30.7 Å². The maximum absolute atomic E-state index is 4.24. The molecule has 2 rings (SSSR count). The second-order valence-electron chi connectivity index (χ2n) is 1.73. The van der Waals surface area contributed by atoms with Gasteiger partial charge in [0, 0.05) is 0 Å². The van der Waals surface area contributed by atoms with Crippen molar-refractivity contribution in [1.82, 2.24) is 0 Å². The number of nitrogens with zero attached hydrogens (tertiary/aromatic N) is 2. The summed E-state index contributed by atoms with van der Waals surface area (Å²) in [5.74, 6) is 0. The van der Waals surface area contributed by atoms with Crippen LogP contribution in [-0.4, -0.2) is 0 Å². The Labute approximate surface area is 63.3 Å². The van der Waals surface area contributed by atoms with Gasteiger partial charge in [-0.2, -0.15) is 0 Å². The molecule has 2 nitrogen and oxygen atoms in total. The normalized spacial score (nSPS) is 14.7. The Balaban J connectivity index is 2.97. The van der Waals surface area contributed by atoms with Gasteiger partial charge in [0.1, 0.15) is 0 Å². The van der Waals surface area contributed by atoms with Crippen molar-refractivity contribution in [2.45, 2.75) is 0 Å². The summed E-state index contributed by atoms with van der Waals surface area (Å²) in [7, 11) is 0. The van der Waals surface area contributed by atoms with Crippen LogP contribution < -0.4 is 32.5 Å². The van der Waals surface area contributed by atoms with Crippen LogP contribution in [0, 0.1) is 0 Å². The van der Waals surface area contributed by atoms with E-state index in [1.54, 1.807) is 0 Å². The van der Waals surface area contributed by atoms with Gasteiger partial charge in [-0.15, -0.1) is 0 Å². The average Bonchev–Trinajstić information content (AvgIpc) is 2.33. The summed E-state index contributed by atoms with van der Waals surface area (Å²) in [4.78, 5) is 0. The fraction of sp³-hybridized carbons (Fsp3) is 0. The first-order valence-electron chi connectivity index (χ1n) is 2.61. The van der Waals surface area contributed by atoms with Crippen molar-refractivity contribution in [2.75, 3.05) is 0 Å². The predicted octanol–water partition coefficient (Wildman–Crippen LogP) is -3.14. The van der Waals surface area contributed by atoms with E-state index in [9.17, 15) is 0 Å². The van der Waals surface area contributed by atoms with Gasteiger partial charge in [0.15, 0.2) is 0 Å². The van der Waals surface area contributed by atoms with Gasteiger partial charge in [-0.3, -0.25) is 0 Å². The third-order valence-electron chi connectivity index (χ3n) is 1.14. The number of hydrogen-bond donors (Lipinski definition) is 0. The molecule has 0 aliphatic carbocycles. The van der Waals surface area contributed by atoms with Gasteiger partial charge in [0.2, 0.25) is 0 Å². The minimum absolute atomic E-state index is 0.238. The molecule has 0 N–H and O–H groups in total. The van der Waals surface area contributed by atoms with Crippen LogP contribution in [0.3, 0.4) is 0 Å². The number of halogens is 1. The number of hydrogen-bond acceptors (Lipinski definition) is 2. The van der Waals surface area contributed by atoms with Crippen LogP contribution >= 0.6 is 0 Å². The van der Waals surface area contributed by atoms with E-state index in [1.807, 2.05) is 24.3 Å². The molecule has 0 spiro atoms. The molecule has 0 atom stereocenters. The first-order valence-corrected chi connectivity index (χ1v) is 4.54. The second-order valence-corrected chi connectivity index (χ2v) is 3.13. The Kier molecular flexibility index (Phi) is 1.22. The van der Waals surface area contributed by atoms with Crippen molar-refractivity contribution in [1.29, 1.82) is 0 Å². The van der Waals surface area contributed by atoms with E-state index in [0.717, 1.165) is 10.7 Å². The molecule has 1 aliphatic heterocycles. The van der Waals surface area contributed by atoms with Gasteiger partial charge >= 0.3 is 63.1 Å². The molecule has 0 saturated heterocycles. The van der Waals surface area contributed by atoms with Crippen molar-refractivity contribution in [3.05, 3.63) is 35.0 Å². The third-order valence-corrected chi connectivity index (χ3v) is 2.61. The van der Waals surface area contributed by atoms with Crippen molar-refractivity contribution in [3.8, 4) is 0 Å². The summed E-state index contributed by atoms with van der Waals surface area (Å²) in [5.41, 5.74) is 0. The molecule has 9 heavy (non-hydrogen) atoms. The number of rotatable bonds is 0. The molecule has 1 aliphatic rings. The van der Waals surface area contributed by atoms with Crippen LogP contribution in [0.25, 0.3) is 0 Å². The molecule has 0 radical (unpaired) electrons. The molecule has 1 aromatic carbocycles. The Bertz CT molecular complexity index is 298. The van der Waals surface area contributed by atoms with Gasteiger partial charge in [0.25, 0.3) is 0 Å². The zero-order chi connectivity index (χ0) is 6.10. The summed E-state index contributed by atoms with van der Waals surface area (Å²) in [6, 6.07) is 8.00. The molecule has 0 unspecified atom stereocenters. The zero-order valence-electron chi connectivity index (χ0n) is 4.58. The van der Waals surface area contributed by atoms with Gasteiger partial charge in [-0.1, -0.05) is 0 Å². The Morgan fingerprint density at radius 1 is 1.00 bits per heavy atom. The standard InChI is InChI=1S/C6H4IN2/c1-2-4-6-5(3-1)8-7-9-6/h1-4H/q-1. The quantitative estimate of drug-likeness (QED) is 0.421. The summed E-state index contributed by atoms with van der Waals surface area (Å²) >= 11 is -0.238. The van der Waals surface area contributed by atoms with E-state index in [2.05, 4.69) is 6.41 Å². The Morgan fingerprint density at radius 2 is 1.56 bits per heavy atom. The number of benzene rings is 1. The van der Waals surface area contributed by atoms with Crippen LogP contribution in [0.1, 0.15) is 0 Å². The van der Waals surface area contributed by atoms with Crippen molar-refractivity contribution >= 4 is 0 Å². The average molecular weight is 231 g/mol. The molecular weight excluding hydrogens is 227 g/mol. The minimum atomic E-state index is -0.238. The SMILES string of the molecule is c1ccc2c(c1)=N[I-]N=2. The van der Waals surface area contributed by atoms with Gasteiger partial charge in [-0.05, 0) is 0 Å². The summed E-state index contributed by atoms with van der Waals surface area (Å²) in [6.07, 6.45) is 0. The Morgan fingerprint density at radius 3 is 2.11 bits per heavy atom. The van der Waals surface area contributed by atoms with Crippen LogP contribution in [0.2, 0.25) is 0 Å². The molecule has 0 amide bonds. The van der Waals surface area contributed by atoms with Gasteiger partial charge < -0.3 is 0 Å². The molecule has 0 fully saturated rings. The molecule has 0 aromatic heterocycles. The van der Waals surface area contributed by atoms with E-state index in [0.29, 0.717) is 0 Å².